The summed E-state index contributed by atoms with van der Waals surface area (Å²) in [5.41, 5.74) is -0.230. The molecule has 26 heavy (non-hydrogen) atoms. The van der Waals surface area contributed by atoms with Gasteiger partial charge < -0.3 is 4.90 Å². The molecular formula is C17H13FN4O3S. The number of nitriles is 2. The number of rotatable bonds is 6. The van der Waals surface area contributed by atoms with Gasteiger partial charge in [-0.05, 0) is 30.3 Å². The second-order valence-electron chi connectivity index (χ2n) is 5.09. The van der Waals surface area contributed by atoms with Gasteiger partial charge in [0.05, 0.1) is 22.7 Å². The summed E-state index contributed by atoms with van der Waals surface area (Å²) in [6.45, 7) is -0.617. The second-order valence-corrected chi connectivity index (χ2v) is 6.77. The van der Waals surface area contributed by atoms with Gasteiger partial charge in [-0.15, -0.1) is 0 Å². The van der Waals surface area contributed by atoms with Gasteiger partial charge in [0, 0.05) is 5.56 Å². The lowest BCUT2D eigenvalue weighted by Crippen LogP contribution is -2.31. The standard InChI is InChI=1S/C17H13FN4O3S/c18-15-6-1-2-7-16(15)21-26(24,25)14-5-3-4-13(12-14)17(23)22(10-8-19)11-9-20/h1-7,12,21H,10-11H2. The van der Waals surface area contributed by atoms with Crippen LogP contribution in [-0.4, -0.2) is 32.3 Å². The SMILES string of the molecule is N#CCN(CC#N)C(=O)c1cccc(S(=O)(=O)Nc2ccccc2F)c1. The van der Waals surface area contributed by atoms with Gasteiger partial charge >= 0.3 is 0 Å². The Morgan fingerprint density at radius 2 is 1.73 bits per heavy atom. The Balaban J connectivity index is 2.33. The summed E-state index contributed by atoms with van der Waals surface area (Å²) in [5, 5.41) is 17.5. The normalized spacial score (nSPS) is 10.4. The number of benzene rings is 2. The molecule has 0 saturated carbocycles. The Labute approximate surface area is 149 Å². The van der Waals surface area contributed by atoms with Crippen molar-refractivity contribution in [1.82, 2.24) is 4.90 Å². The van der Waals surface area contributed by atoms with Gasteiger partial charge in [-0.1, -0.05) is 18.2 Å². The van der Waals surface area contributed by atoms with E-state index in [1.54, 1.807) is 12.1 Å². The molecule has 2 rings (SSSR count). The zero-order valence-electron chi connectivity index (χ0n) is 13.4. The van der Waals surface area contributed by atoms with Gasteiger partial charge in [-0.25, -0.2) is 12.8 Å². The molecule has 0 aromatic heterocycles. The van der Waals surface area contributed by atoms with Crippen molar-refractivity contribution >= 4 is 21.6 Å². The summed E-state index contributed by atoms with van der Waals surface area (Å²) in [4.78, 5) is 13.1. The fourth-order valence-corrected chi connectivity index (χ4v) is 3.21. The van der Waals surface area contributed by atoms with Crippen LogP contribution in [0, 0.1) is 28.5 Å². The lowest BCUT2D eigenvalue weighted by atomic mass is 10.2. The Bertz CT molecular complexity index is 993. The molecule has 0 aliphatic rings. The van der Waals surface area contributed by atoms with Crippen molar-refractivity contribution in [2.75, 3.05) is 17.8 Å². The van der Waals surface area contributed by atoms with Crippen LogP contribution >= 0.6 is 0 Å². The van der Waals surface area contributed by atoms with E-state index < -0.39 is 21.7 Å². The van der Waals surface area contributed by atoms with Crippen molar-refractivity contribution in [1.29, 1.82) is 10.5 Å². The second kappa shape index (κ2) is 8.10. The zero-order valence-corrected chi connectivity index (χ0v) is 14.2. The molecule has 2 aromatic rings. The Morgan fingerprint density at radius 3 is 2.35 bits per heavy atom. The molecule has 1 amide bonds. The minimum absolute atomic E-state index is 0.00749. The third-order valence-electron chi connectivity index (χ3n) is 3.32. The average Bonchev–Trinajstić information content (AvgIpc) is 2.63. The van der Waals surface area contributed by atoms with Gasteiger partial charge in [-0.3, -0.25) is 9.52 Å². The number of para-hydroxylation sites is 1. The minimum Gasteiger partial charge on any atom is -0.312 e. The molecule has 0 saturated heterocycles. The van der Waals surface area contributed by atoms with Crippen LogP contribution in [0.25, 0.3) is 0 Å². The van der Waals surface area contributed by atoms with Crippen molar-refractivity contribution < 1.29 is 17.6 Å². The fourth-order valence-electron chi connectivity index (χ4n) is 2.10. The van der Waals surface area contributed by atoms with Gasteiger partial charge in [-0.2, -0.15) is 10.5 Å². The van der Waals surface area contributed by atoms with Gasteiger partial charge in [0.1, 0.15) is 18.9 Å². The van der Waals surface area contributed by atoms with Crippen LogP contribution in [0.1, 0.15) is 10.4 Å². The molecule has 0 heterocycles. The number of carbonyl (C=O) groups excluding carboxylic acids is 1. The minimum atomic E-state index is -4.13. The monoisotopic (exact) mass is 372 g/mol. The quantitative estimate of drug-likeness (QED) is 0.780. The summed E-state index contributed by atoms with van der Waals surface area (Å²) in [7, 11) is -4.13. The molecule has 0 atom stereocenters. The molecule has 0 spiro atoms. The van der Waals surface area contributed by atoms with Crippen LogP contribution in [0.5, 0.6) is 0 Å². The van der Waals surface area contributed by atoms with E-state index >= 15 is 0 Å². The highest BCUT2D eigenvalue weighted by molar-refractivity contribution is 7.92. The molecular weight excluding hydrogens is 359 g/mol. The number of carbonyl (C=O) groups is 1. The lowest BCUT2D eigenvalue weighted by Gasteiger charge is -2.16. The first-order chi connectivity index (χ1) is 12.4. The summed E-state index contributed by atoms with van der Waals surface area (Å²) in [5.74, 6) is -1.39. The first kappa shape index (κ1) is 18.9. The maximum absolute atomic E-state index is 13.7. The Hall–Kier alpha value is -3.43. The number of sulfonamides is 1. The third kappa shape index (κ3) is 4.35. The van der Waals surface area contributed by atoms with Crippen LogP contribution in [0.4, 0.5) is 10.1 Å². The predicted octanol–water partition coefficient (Wildman–Crippen LogP) is 2.12. The fraction of sp³-hybridized carbons (Fsp3) is 0.118. The molecule has 0 aliphatic heterocycles. The number of nitrogens with one attached hydrogen (secondary N) is 1. The smallest absolute Gasteiger partial charge is 0.262 e. The Kier molecular flexibility index (Phi) is 5.89. The maximum atomic E-state index is 13.7. The molecule has 132 valence electrons. The molecule has 0 aliphatic carbocycles. The van der Waals surface area contributed by atoms with Gasteiger partial charge in [0.2, 0.25) is 0 Å². The number of amides is 1. The largest absolute Gasteiger partial charge is 0.312 e. The first-order valence-corrected chi connectivity index (χ1v) is 8.78. The van der Waals surface area contributed by atoms with E-state index in [4.69, 9.17) is 10.5 Å². The molecule has 0 fully saturated rings. The molecule has 0 radical (unpaired) electrons. The highest BCUT2D eigenvalue weighted by Crippen LogP contribution is 2.20. The Morgan fingerprint density at radius 1 is 1.08 bits per heavy atom. The van der Waals surface area contributed by atoms with Crippen LogP contribution < -0.4 is 4.72 Å². The lowest BCUT2D eigenvalue weighted by molar-refractivity contribution is 0.0794. The average molecular weight is 372 g/mol. The molecule has 7 nitrogen and oxygen atoms in total. The molecule has 9 heteroatoms. The first-order valence-electron chi connectivity index (χ1n) is 7.29. The van der Waals surface area contributed by atoms with E-state index in [1.807, 2.05) is 0 Å². The highest BCUT2D eigenvalue weighted by atomic mass is 32.2. The van der Waals surface area contributed by atoms with E-state index in [2.05, 4.69) is 4.72 Å². The van der Waals surface area contributed by atoms with Crippen molar-refractivity contribution in [2.24, 2.45) is 0 Å². The van der Waals surface area contributed by atoms with Crippen molar-refractivity contribution in [3.05, 3.63) is 59.9 Å². The molecule has 2 aromatic carbocycles. The highest BCUT2D eigenvalue weighted by Gasteiger charge is 2.20. The van der Waals surface area contributed by atoms with Crippen LogP contribution in [0.2, 0.25) is 0 Å². The van der Waals surface area contributed by atoms with Crippen molar-refractivity contribution in [3.63, 3.8) is 0 Å². The number of halogens is 1. The summed E-state index contributed by atoms with van der Waals surface area (Å²) >= 11 is 0. The van der Waals surface area contributed by atoms with E-state index in [1.165, 1.54) is 36.4 Å². The number of hydrogen-bond acceptors (Lipinski definition) is 5. The van der Waals surface area contributed by atoms with Gasteiger partial charge in [0.25, 0.3) is 15.9 Å². The molecule has 0 bridgehead atoms. The number of nitrogens with zero attached hydrogens (tertiary/aromatic N) is 3. The summed E-state index contributed by atoms with van der Waals surface area (Å²) < 4.78 is 40.7. The van der Waals surface area contributed by atoms with Crippen molar-refractivity contribution in [2.45, 2.75) is 4.90 Å². The maximum Gasteiger partial charge on any atom is 0.262 e. The topological polar surface area (TPSA) is 114 Å². The van der Waals surface area contributed by atoms with E-state index in [0.29, 0.717) is 0 Å². The van der Waals surface area contributed by atoms with E-state index in [-0.39, 0.29) is 29.2 Å². The summed E-state index contributed by atoms with van der Waals surface area (Å²) in [6, 6.07) is 13.9. The van der Waals surface area contributed by atoms with Gasteiger partial charge in [0.15, 0.2) is 0 Å². The van der Waals surface area contributed by atoms with Crippen molar-refractivity contribution in [3.8, 4) is 12.1 Å². The zero-order chi connectivity index (χ0) is 19.2. The van der Waals surface area contributed by atoms with Crippen LogP contribution in [0.15, 0.2) is 53.4 Å². The molecule has 1 N–H and O–H groups in total. The summed E-state index contributed by atoms with van der Waals surface area (Å²) in [6.07, 6.45) is 0. The van der Waals surface area contributed by atoms with E-state index in [9.17, 15) is 17.6 Å². The van der Waals surface area contributed by atoms with Crippen LogP contribution in [0.3, 0.4) is 0 Å². The predicted molar refractivity (Wildman–Crippen MR) is 90.8 cm³/mol. The van der Waals surface area contributed by atoms with E-state index in [0.717, 1.165) is 17.0 Å². The molecule has 0 unspecified atom stereocenters. The number of anilines is 1. The third-order valence-corrected chi connectivity index (χ3v) is 4.68. The number of hydrogen-bond donors (Lipinski definition) is 1. The van der Waals surface area contributed by atoms with Crippen LogP contribution in [-0.2, 0) is 10.0 Å².